The van der Waals surface area contributed by atoms with E-state index < -0.39 is 18.0 Å². The van der Waals surface area contributed by atoms with Crippen molar-refractivity contribution in [3.8, 4) is 0 Å². The van der Waals surface area contributed by atoms with Crippen LogP contribution in [0.15, 0.2) is 54.6 Å². The summed E-state index contributed by atoms with van der Waals surface area (Å²) < 4.78 is 5.40. The van der Waals surface area contributed by atoms with Gasteiger partial charge in [-0.3, -0.25) is 19.2 Å². The SMILES string of the molecule is O=C(CNC(=O)c1ccc(N2CCCC2=O)cc1)OC(C(=O)NC1CC1)c1ccccc1. The van der Waals surface area contributed by atoms with Gasteiger partial charge in [0.1, 0.15) is 6.54 Å². The molecule has 3 amide bonds. The second-order valence-electron chi connectivity index (χ2n) is 7.94. The van der Waals surface area contributed by atoms with E-state index in [1.54, 1.807) is 53.4 Å². The van der Waals surface area contributed by atoms with E-state index in [2.05, 4.69) is 10.6 Å². The highest BCUT2D eigenvalue weighted by Gasteiger charge is 2.31. The molecule has 0 bridgehead atoms. The number of carbonyl (C=O) groups is 4. The standard InChI is InChI=1S/C24H25N3O5/c28-20-7-4-14-27(20)19-12-8-17(9-13-19)23(30)25-15-21(29)32-22(16-5-2-1-3-6-16)24(31)26-18-10-11-18/h1-3,5-6,8-9,12-13,18,22H,4,7,10-11,14-15H2,(H,25,30)(H,26,31). The summed E-state index contributed by atoms with van der Waals surface area (Å²) in [5.41, 5.74) is 1.67. The number of carbonyl (C=O) groups excluding carboxylic acids is 4. The minimum atomic E-state index is -1.07. The first kappa shape index (κ1) is 21.5. The van der Waals surface area contributed by atoms with E-state index in [1.165, 1.54) is 0 Å². The molecule has 4 rings (SSSR count). The predicted molar refractivity (Wildman–Crippen MR) is 117 cm³/mol. The molecule has 1 saturated heterocycles. The quantitative estimate of drug-likeness (QED) is 0.618. The van der Waals surface area contributed by atoms with Crippen LogP contribution >= 0.6 is 0 Å². The number of esters is 1. The number of rotatable bonds is 8. The van der Waals surface area contributed by atoms with E-state index in [0.717, 1.165) is 24.9 Å². The van der Waals surface area contributed by atoms with Gasteiger partial charge in [-0.25, -0.2) is 0 Å². The summed E-state index contributed by atoms with van der Waals surface area (Å²) in [5, 5.41) is 5.37. The molecular weight excluding hydrogens is 410 g/mol. The minimum Gasteiger partial charge on any atom is -0.446 e. The number of hydrogen-bond donors (Lipinski definition) is 2. The molecule has 0 aromatic heterocycles. The maximum Gasteiger partial charge on any atom is 0.326 e. The maximum absolute atomic E-state index is 12.5. The van der Waals surface area contributed by atoms with Gasteiger partial charge in [-0.15, -0.1) is 0 Å². The van der Waals surface area contributed by atoms with E-state index in [-0.39, 0.29) is 24.4 Å². The van der Waals surface area contributed by atoms with Crippen LogP contribution in [0.4, 0.5) is 5.69 Å². The van der Waals surface area contributed by atoms with Crippen molar-refractivity contribution in [2.45, 2.75) is 37.8 Å². The van der Waals surface area contributed by atoms with Gasteiger partial charge in [0, 0.05) is 35.8 Å². The van der Waals surface area contributed by atoms with E-state index in [0.29, 0.717) is 24.1 Å². The zero-order valence-electron chi connectivity index (χ0n) is 17.6. The molecular formula is C24H25N3O5. The highest BCUT2D eigenvalue weighted by molar-refractivity contribution is 5.98. The van der Waals surface area contributed by atoms with Gasteiger partial charge in [-0.05, 0) is 43.5 Å². The highest BCUT2D eigenvalue weighted by Crippen LogP contribution is 2.24. The number of ether oxygens (including phenoxy) is 1. The first-order valence-electron chi connectivity index (χ1n) is 10.7. The summed E-state index contributed by atoms with van der Waals surface area (Å²) in [4.78, 5) is 50.9. The van der Waals surface area contributed by atoms with Gasteiger partial charge in [0.15, 0.2) is 0 Å². The lowest BCUT2D eigenvalue weighted by molar-refractivity contribution is -0.155. The third kappa shape index (κ3) is 5.32. The fraction of sp³-hybridized carbons (Fsp3) is 0.333. The van der Waals surface area contributed by atoms with Gasteiger partial charge in [0.25, 0.3) is 11.8 Å². The lowest BCUT2D eigenvalue weighted by Crippen LogP contribution is -2.36. The van der Waals surface area contributed by atoms with Crippen molar-refractivity contribution < 1.29 is 23.9 Å². The molecule has 1 atom stereocenters. The zero-order chi connectivity index (χ0) is 22.5. The van der Waals surface area contributed by atoms with Crippen molar-refractivity contribution in [1.82, 2.24) is 10.6 Å². The first-order valence-corrected chi connectivity index (χ1v) is 10.7. The first-order chi connectivity index (χ1) is 15.5. The van der Waals surface area contributed by atoms with Gasteiger partial charge in [0.2, 0.25) is 12.0 Å². The largest absolute Gasteiger partial charge is 0.446 e. The molecule has 2 aromatic rings. The summed E-state index contributed by atoms with van der Waals surface area (Å²) in [6.07, 6.45) is 2.13. The second kappa shape index (κ2) is 9.64. The average molecular weight is 435 g/mol. The molecule has 1 unspecified atom stereocenters. The highest BCUT2D eigenvalue weighted by atomic mass is 16.5. The fourth-order valence-corrected chi connectivity index (χ4v) is 3.55. The summed E-state index contributed by atoms with van der Waals surface area (Å²) in [6, 6.07) is 15.6. The molecule has 2 aromatic carbocycles. The number of benzene rings is 2. The van der Waals surface area contributed by atoms with E-state index >= 15 is 0 Å². The molecule has 166 valence electrons. The molecule has 1 aliphatic heterocycles. The Balaban J connectivity index is 1.33. The molecule has 2 aliphatic rings. The predicted octanol–water partition coefficient (Wildman–Crippen LogP) is 2.11. The van der Waals surface area contributed by atoms with Crippen LogP contribution in [0, 0.1) is 0 Å². The maximum atomic E-state index is 12.5. The van der Waals surface area contributed by atoms with Crippen molar-refractivity contribution in [3.63, 3.8) is 0 Å². The zero-order valence-corrected chi connectivity index (χ0v) is 17.6. The summed E-state index contributed by atoms with van der Waals surface area (Å²) in [6.45, 7) is 0.304. The molecule has 32 heavy (non-hydrogen) atoms. The number of nitrogens with zero attached hydrogens (tertiary/aromatic N) is 1. The molecule has 1 saturated carbocycles. The number of hydrogen-bond acceptors (Lipinski definition) is 5. The van der Waals surface area contributed by atoms with Crippen LogP contribution in [0.1, 0.15) is 47.7 Å². The van der Waals surface area contributed by atoms with Gasteiger partial charge in [-0.1, -0.05) is 30.3 Å². The van der Waals surface area contributed by atoms with Crippen LogP contribution in [0.25, 0.3) is 0 Å². The lowest BCUT2D eigenvalue weighted by Gasteiger charge is -2.18. The Morgan fingerprint density at radius 2 is 1.75 bits per heavy atom. The van der Waals surface area contributed by atoms with Crippen LogP contribution in [-0.2, 0) is 19.1 Å². The van der Waals surface area contributed by atoms with Gasteiger partial charge in [-0.2, -0.15) is 0 Å². The Labute approximate surface area is 185 Å². The van der Waals surface area contributed by atoms with Gasteiger partial charge < -0.3 is 20.3 Å². The Kier molecular flexibility index (Phi) is 6.49. The Morgan fingerprint density at radius 3 is 2.38 bits per heavy atom. The van der Waals surface area contributed by atoms with Crippen molar-refractivity contribution in [3.05, 3.63) is 65.7 Å². The molecule has 1 heterocycles. The van der Waals surface area contributed by atoms with Crippen LogP contribution in [-0.4, -0.2) is 42.8 Å². The number of nitrogens with one attached hydrogen (secondary N) is 2. The molecule has 8 heteroatoms. The minimum absolute atomic E-state index is 0.0728. The topological polar surface area (TPSA) is 105 Å². The summed E-state index contributed by atoms with van der Waals surface area (Å²) >= 11 is 0. The lowest BCUT2D eigenvalue weighted by atomic mass is 10.1. The van der Waals surface area contributed by atoms with Crippen molar-refractivity contribution >= 4 is 29.4 Å². The van der Waals surface area contributed by atoms with Crippen LogP contribution in [0.5, 0.6) is 0 Å². The second-order valence-corrected chi connectivity index (χ2v) is 7.94. The molecule has 1 aliphatic carbocycles. The fourth-order valence-electron chi connectivity index (χ4n) is 3.55. The molecule has 8 nitrogen and oxygen atoms in total. The van der Waals surface area contributed by atoms with E-state index in [4.69, 9.17) is 4.74 Å². The summed E-state index contributed by atoms with van der Waals surface area (Å²) in [7, 11) is 0. The molecule has 2 N–H and O–H groups in total. The van der Waals surface area contributed by atoms with Crippen LogP contribution < -0.4 is 15.5 Å². The molecule has 0 spiro atoms. The van der Waals surface area contributed by atoms with Crippen molar-refractivity contribution in [2.24, 2.45) is 0 Å². The van der Waals surface area contributed by atoms with E-state index in [9.17, 15) is 19.2 Å². The third-order valence-corrected chi connectivity index (χ3v) is 5.42. The Hall–Kier alpha value is -3.68. The molecule has 2 fully saturated rings. The average Bonchev–Trinajstić information content (AvgIpc) is 3.53. The Morgan fingerprint density at radius 1 is 1.03 bits per heavy atom. The Bertz CT molecular complexity index is 1000. The number of anilines is 1. The van der Waals surface area contributed by atoms with Gasteiger partial charge >= 0.3 is 5.97 Å². The summed E-state index contributed by atoms with van der Waals surface area (Å²) in [5.74, 6) is -1.45. The van der Waals surface area contributed by atoms with Crippen LogP contribution in [0.2, 0.25) is 0 Å². The van der Waals surface area contributed by atoms with Crippen LogP contribution in [0.3, 0.4) is 0 Å². The smallest absolute Gasteiger partial charge is 0.326 e. The van der Waals surface area contributed by atoms with Crippen molar-refractivity contribution in [1.29, 1.82) is 0 Å². The van der Waals surface area contributed by atoms with Crippen molar-refractivity contribution in [2.75, 3.05) is 18.0 Å². The third-order valence-electron chi connectivity index (χ3n) is 5.42. The normalized spacial score (nSPS) is 16.4. The number of amides is 3. The van der Waals surface area contributed by atoms with E-state index in [1.807, 2.05) is 6.07 Å². The monoisotopic (exact) mass is 435 g/mol. The van der Waals surface area contributed by atoms with Gasteiger partial charge in [0.05, 0.1) is 0 Å². The molecule has 0 radical (unpaired) electrons.